The Labute approximate surface area is 151 Å². The summed E-state index contributed by atoms with van der Waals surface area (Å²) in [6.45, 7) is -0.631. The molecule has 126 valence electrons. The monoisotopic (exact) mass is 461 g/mol. The number of nitrogens with two attached hydrogens (primary N) is 1. The first-order chi connectivity index (χ1) is 11.2. The number of nitrogens with zero attached hydrogens (tertiary/aromatic N) is 2. The van der Waals surface area contributed by atoms with Crippen LogP contribution in [0, 0.1) is 13.7 Å². The first kappa shape index (κ1) is 18.1. The average molecular weight is 461 g/mol. The first-order valence-electron chi connectivity index (χ1n) is 6.54. The van der Waals surface area contributed by atoms with Gasteiger partial charge in [-0.1, -0.05) is 24.3 Å². The first-order valence-corrected chi connectivity index (χ1v) is 9.06. The van der Waals surface area contributed by atoms with Gasteiger partial charge in [-0.05, 0) is 40.8 Å². The van der Waals surface area contributed by atoms with E-state index in [2.05, 4.69) is 0 Å². The lowest BCUT2D eigenvalue weighted by Crippen LogP contribution is -2.39. The molecular weight excluding hydrogens is 449 g/mol. The Morgan fingerprint density at radius 3 is 2.33 bits per heavy atom. The lowest BCUT2D eigenvalue weighted by Gasteiger charge is -2.24. The highest BCUT2D eigenvalue weighted by Gasteiger charge is 2.33. The molecule has 8 nitrogen and oxygen atoms in total. The summed E-state index contributed by atoms with van der Waals surface area (Å²) in [5.41, 5.74) is 4.82. The van der Waals surface area contributed by atoms with Crippen LogP contribution in [0.5, 0.6) is 0 Å². The largest absolute Gasteiger partial charge is 0.368 e. The summed E-state index contributed by atoms with van der Waals surface area (Å²) in [7, 11) is -4.36. The maximum atomic E-state index is 13.0. The number of anilines is 1. The highest BCUT2D eigenvalue weighted by molar-refractivity contribution is 14.1. The van der Waals surface area contributed by atoms with Crippen molar-refractivity contribution in [1.82, 2.24) is 0 Å². The summed E-state index contributed by atoms with van der Waals surface area (Å²) < 4.78 is 27.2. The molecule has 0 spiro atoms. The number of rotatable bonds is 6. The van der Waals surface area contributed by atoms with E-state index < -0.39 is 38.0 Å². The van der Waals surface area contributed by atoms with Gasteiger partial charge in [0.2, 0.25) is 5.91 Å². The van der Waals surface area contributed by atoms with E-state index in [4.69, 9.17) is 5.73 Å². The number of benzene rings is 2. The smallest absolute Gasteiger partial charge is 0.289 e. The number of amides is 1. The Morgan fingerprint density at radius 1 is 1.17 bits per heavy atom. The lowest BCUT2D eigenvalue weighted by molar-refractivity contribution is -0.387. The molecule has 0 atom stereocenters. The number of hydrogen-bond acceptors (Lipinski definition) is 5. The number of carbonyl (C=O) groups is 1. The molecule has 10 heteroatoms. The minimum absolute atomic E-state index is 0.218. The number of carbonyl (C=O) groups excluding carboxylic acids is 1. The topological polar surface area (TPSA) is 124 Å². The summed E-state index contributed by atoms with van der Waals surface area (Å²) in [5.74, 6) is -0.878. The van der Waals surface area contributed by atoms with E-state index >= 15 is 0 Å². The molecule has 0 radical (unpaired) electrons. The van der Waals surface area contributed by atoms with Crippen LogP contribution in [-0.2, 0) is 14.8 Å². The van der Waals surface area contributed by atoms with Crippen molar-refractivity contribution in [2.45, 2.75) is 4.90 Å². The Balaban J connectivity index is 2.68. The Kier molecular flexibility index (Phi) is 5.39. The second kappa shape index (κ2) is 7.13. The number of primary amides is 1. The van der Waals surface area contributed by atoms with Crippen molar-refractivity contribution < 1.29 is 18.1 Å². The van der Waals surface area contributed by atoms with Crippen LogP contribution in [0.2, 0.25) is 0 Å². The molecule has 24 heavy (non-hydrogen) atoms. The van der Waals surface area contributed by atoms with Gasteiger partial charge in [0.05, 0.1) is 10.6 Å². The minimum Gasteiger partial charge on any atom is -0.368 e. The van der Waals surface area contributed by atoms with Crippen LogP contribution >= 0.6 is 22.6 Å². The van der Waals surface area contributed by atoms with Gasteiger partial charge in [0.1, 0.15) is 6.54 Å². The zero-order valence-electron chi connectivity index (χ0n) is 12.1. The van der Waals surface area contributed by atoms with Crippen LogP contribution in [0.4, 0.5) is 11.4 Å². The normalized spacial score (nSPS) is 11.0. The quantitative estimate of drug-likeness (QED) is 0.400. The Bertz CT molecular complexity index is 901. The maximum absolute atomic E-state index is 13.0. The predicted molar refractivity (Wildman–Crippen MR) is 96.0 cm³/mol. The third kappa shape index (κ3) is 3.64. The molecule has 0 aliphatic rings. The molecule has 2 rings (SSSR count). The SMILES string of the molecule is NC(=O)CN(c1ccccc1I)S(=O)(=O)c1ccccc1[N+](=O)[O-]. The van der Waals surface area contributed by atoms with Crippen LogP contribution in [0.25, 0.3) is 0 Å². The van der Waals surface area contributed by atoms with Crippen molar-refractivity contribution in [3.63, 3.8) is 0 Å². The van der Waals surface area contributed by atoms with Crippen molar-refractivity contribution in [3.05, 3.63) is 62.2 Å². The van der Waals surface area contributed by atoms with Gasteiger partial charge in [0, 0.05) is 9.64 Å². The second-order valence-corrected chi connectivity index (χ2v) is 7.65. The van der Waals surface area contributed by atoms with Crippen LogP contribution in [0.1, 0.15) is 0 Å². The third-order valence-electron chi connectivity index (χ3n) is 3.05. The van der Waals surface area contributed by atoms with Gasteiger partial charge < -0.3 is 5.73 Å². The molecule has 1 amide bonds. The third-order valence-corrected chi connectivity index (χ3v) is 5.77. The van der Waals surface area contributed by atoms with Crippen molar-refractivity contribution in [2.75, 3.05) is 10.8 Å². The van der Waals surface area contributed by atoms with Crippen molar-refractivity contribution in [2.24, 2.45) is 5.73 Å². The molecule has 0 unspecified atom stereocenters. The predicted octanol–water partition coefficient (Wildman–Crippen LogP) is 1.88. The standard InChI is InChI=1S/C14H12IN3O5S/c15-10-5-1-2-6-11(10)17(9-14(16)19)24(22,23)13-8-4-3-7-12(13)18(20)21/h1-8H,9H2,(H2,16,19). The summed E-state index contributed by atoms with van der Waals surface area (Å²) in [6.07, 6.45) is 0. The number of hydrogen-bond donors (Lipinski definition) is 1. The highest BCUT2D eigenvalue weighted by Crippen LogP contribution is 2.31. The summed E-state index contributed by atoms with van der Waals surface area (Å²) in [4.78, 5) is 21.2. The molecule has 2 aromatic rings. The molecule has 2 aromatic carbocycles. The maximum Gasteiger partial charge on any atom is 0.289 e. The average Bonchev–Trinajstić information content (AvgIpc) is 2.53. The molecule has 2 N–H and O–H groups in total. The van der Waals surface area contributed by atoms with Gasteiger partial charge in [-0.2, -0.15) is 0 Å². The summed E-state index contributed by atoms with van der Waals surface area (Å²) in [5, 5.41) is 11.1. The van der Waals surface area contributed by atoms with Crippen molar-refractivity contribution in [1.29, 1.82) is 0 Å². The molecule has 0 aliphatic heterocycles. The van der Waals surface area contributed by atoms with Crippen LogP contribution in [0.3, 0.4) is 0 Å². The minimum atomic E-state index is -4.36. The Hall–Kier alpha value is -2.21. The van der Waals surface area contributed by atoms with Gasteiger partial charge in [-0.15, -0.1) is 0 Å². The molecular formula is C14H12IN3O5S. The lowest BCUT2D eigenvalue weighted by atomic mass is 10.3. The molecule has 0 fully saturated rings. The fraction of sp³-hybridized carbons (Fsp3) is 0.0714. The molecule has 0 saturated carbocycles. The van der Waals surface area contributed by atoms with E-state index in [0.29, 0.717) is 3.57 Å². The number of sulfonamides is 1. The summed E-state index contributed by atoms with van der Waals surface area (Å²) in [6, 6.07) is 11.4. The number of para-hydroxylation sites is 2. The molecule has 0 bridgehead atoms. The summed E-state index contributed by atoms with van der Waals surface area (Å²) >= 11 is 1.91. The van der Waals surface area contributed by atoms with Gasteiger partial charge >= 0.3 is 0 Å². The van der Waals surface area contributed by atoms with E-state index in [9.17, 15) is 23.3 Å². The van der Waals surface area contributed by atoms with E-state index in [1.165, 1.54) is 18.2 Å². The van der Waals surface area contributed by atoms with Gasteiger partial charge in [-0.25, -0.2) is 8.42 Å². The van der Waals surface area contributed by atoms with E-state index in [0.717, 1.165) is 16.4 Å². The second-order valence-electron chi connectivity index (χ2n) is 4.65. The molecule has 0 aromatic heterocycles. The highest BCUT2D eigenvalue weighted by atomic mass is 127. The zero-order chi connectivity index (χ0) is 17.9. The number of nitro groups is 1. The number of nitro benzene ring substituents is 1. The van der Waals surface area contributed by atoms with Crippen molar-refractivity contribution >= 4 is 49.9 Å². The van der Waals surface area contributed by atoms with Crippen molar-refractivity contribution in [3.8, 4) is 0 Å². The molecule has 0 heterocycles. The van der Waals surface area contributed by atoms with Crippen LogP contribution < -0.4 is 10.0 Å². The zero-order valence-corrected chi connectivity index (χ0v) is 15.1. The van der Waals surface area contributed by atoms with E-state index in [1.54, 1.807) is 18.2 Å². The fourth-order valence-corrected chi connectivity index (χ4v) is 4.49. The van der Waals surface area contributed by atoms with Crippen LogP contribution in [0.15, 0.2) is 53.4 Å². The van der Waals surface area contributed by atoms with Gasteiger partial charge in [-0.3, -0.25) is 19.2 Å². The Morgan fingerprint density at radius 2 is 1.75 bits per heavy atom. The van der Waals surface area contributed by atoms with E-state index in [-0.39, 0.29) is 5.69 Å². The van der Waals surface area contributed by atoms with Crippen LogP contribution in [-0.4, -0.2) is 25.8 Å². The van der Waals surface area contributed by atoms with Gasteiger partial charge in [0.15, 0.2) is 4.90 Å². The fourth-order valence-electron chi connectivity index (χ4n) is 2.04. The molecule has 0 aliphatic carbocycles. The van der Waals surface area contributed by atoms with Gasteiger partial charge in [0.25, 0.3) is 15.7 Å². The number of halogens is 1. The molecule has 0 saturated heterocycles. The van der Waals surface area contributed by atoms with E-state index in [1.807, 2.05) is 22.6 Å².